The van der Waals surface area contributed by atoms with E-state index in [9.17, 15) is 9.59 Å². The molecule has 0 saturated heterocycles. The lowest BCUT2D eigenvalue weighted by Crippen LogP contribution is -2.20. The first kappa shape index (κ1) is 22.0. The van der Waals surface area contributed by atoms with E-state index in [1.807, 2.05) is 6.07 Å². The molecule has 0 spiro atoms. The molecule has 8 nitrogen and oxygen atoms in total. The van der Waals surface area contributed by atoms with E-state index in [-0.39, 0.29) is 36.0 Å². The van der Waals surface area contributed by atoms with Gasteiger partial charge in [-0.15, -0.1) is 0 Å². The third-order valence-electron chi connectivity index (χ3n) is 3.92. The number of amides is 2. The van der Waals surface area contributed by atoms with Gasteiger partial charge in [0, 0.05) is 24.1 Å². The van der Waals surface area contributed by atoms with Gasteiger partial charge >= 0.3 is 0 Å². The van der Waals surface area contributed by atoms with E-state index in [0.29, 0.717) is 29.0 Å². The Labute approximate surface area is 172 Å². The molecular weight excluding hydrogens is 398 g/mol. The fourth-order valence-corrected chi connectivity index (χ4v) is 2.86. The van der Waals surface area contributed by atoms with Crippen LogP contribution in [0.25, 0.3) is 0 Å². The van der Waals surface area contributed by atoms with E-state index in [4.69, 9.17) is 42.5 Å². The normalized spacial score (nSPS) is 10.2. The molecule has 2 aromatic rings. The van der Waals surface area contributed by atoms with Crippen molar-refractivity contribution in [1.82, 2.24) is 0 Å². The number of nitriles is 1. The summed E-state index contributed by atoms with van der Waals surface area (Å²) in [5.74, 6) is -0.663. The van der Waals surface area contributed by atoms with E-state index < -0.39 is 11.8 Å². The molecule has 2 rings (SSSR count). The molecule has 29 heavy (non-hydrogen) atoms. The number of carbonyl (C=O) groups excluding carboxylic acids is 2. The number of hydrogen-bond acceptors (Lipinski definition) is 6. The van der Waals surface area contributed by atoms with Gasteiger partial charge in [0.1, 0.15) is 18.1 Å². The molecule has 152 valence electrons. The molecule has 0 aromatic heterocycles. The second-order valence-electron chi connectivity index (χ2n) is 6.00. The monoisotopic (exact) mass is 417 g/mol. The molecule has 0 unspecified atom stereocenters. The summed E-state index contributed by atoms with van der Waals surface area (Å²) in [6.07, 6.45) is 0.176. The summed E-state index contributed by atoms with van der Waals surface area (Å²) in [7, 11) is 1.55. The van der Waals surface area contributed by atoms with Crippen molar-refractivity contribution in [1.29, 1.82) is 5.26 Å². The van der Waals surface area contributed by atoms with Crippen molar-refractivity contribution in [3.8, 4) is 17.6 Å². The number of carbonyl (C=O) groups is 2. The average molecular weight is 418 g/mol. The van der Waals surface area contributed by atoms with E-state index >= 15 is 0 Å². The molecule has 9 heteroatoms. The van der Waals surface area contributed by atoms with Crippen molar-refractivity contribution >= 4 is 23.4 Å². The van der Waals surface area contributed by atoms with Crippen molar-refractivity contribution in [2.24, 2.45) is 11.5 Å². The van der Waals surface area contributed by atoms with Gasteiger partial charge in [-0.3, -0.25) is 9.59 Å². The van der Waals surface area contributed by atoms with Crippen LogP contribution in [0.15, 0.2) is 30.3 Å². The second-order valence-corrected chi connectivity index (χ2v) is 6.41. The predicted molar refractivity (Wildman–Crippen MR) is 106 cm³/mol. The van der Waals surface area contributed by atoms with Gasteiger partial charge in [0.15, 0.2) is 6.61 Å². The number of nitrogens with zero attached hydrogens (tertiary/aromatic N) is 1. The largest absolute Gasteiger partial charge is 0.491 e. The smallest absolute Gasteiger partial charge is 0.255 e. The maximum atomic E-state index is 12.0. The maximum absolute atomic E-state index is 12.0. The van der Waals surface area contributed by atoms with Crippen LogP contribution in [0.5, 0.6) is 11.5 Å². The molecule has 0 saturated carbocycles. The summed E-state index contributed by atoms with van der Waals surface area (Å²) in [6.45, 7) is 0.298. The van der Waals surface area contributed by atoms with E-state index in [2.05, 4.69) is 0 Å². The van der Waals surface area contributed by atoms with Crippen LogP contribution in [0.4, 0.5) is 0 Å². The van der Waals surface area contributed by atoms with Gasteiger partial charge in [-0.05, 0) is 35.4 Å². The Balaban J connectivity index is 2.41. The van der Waals surface area contributed by atoms with E-state index in [1.54, 1.807) is 25.3 Å². The van der Waals surface area contributed by atoms with Crippen molar-refractivity contribution < 1.29 is 23.8 Å². The average Bonchev–Trinajstić information content (AvgIpc) is 2.68. The van der Waals surface area contributed by atoms with Gasteiger partial charge in [-0.25, -0.2) is 0 Å². The number of benzene rings is 2. The molecule has 2 amide bonds. The number of ether oxygens (including phenoxy) is 3. The Morgan fingerprint density at radius 3 is 2.52 bits per heavy atom. The summed E-state index contributed by atoms with van der Waals surface area (Å²) in [5.41, 5.74) is 12.3. The molecule has 4 N–H and O–H groups in total. The highest BCUT2D eigenvalue weighted by Crippen LogP contribution is 2.32. The lowest BCUT2D eigenvalue weighted by molar-refractivity contribution is -0.119. The molecule has 0 aliphatic rings. The zero-order valence-electron chi connectivity index (χ0n) is 15.7. The first-order valence-electron chi connectivity index (χ1n) is 8.53. The van der Waals surface area contributed by atoms with Crippen LogP contribution < -0.4 is 20.9 Å². The van der Waals surface area contributed by atoms with Gasteiger partial charge in [0.2, 0.25) is 5.91 Å². The Hall–Kier alpha value is -3.28. The maximum Gasteiger partial charge on any atom is 0.255 e. The van der Waals surface area contributed by atoms with Crippen LogP contribution in [0.3, 0.4) is 0 Å². The van der Waals surface area contributed by atoms with Crippen LogP contribution in [0, 0.1) is 11.3 Å². The van der Waals surface area contributed by atoms with E-state index in [1.165, 1.54) is 12.1 Å². The second kappa shape index (κ2) is 10.3. The minimum Gasteiger partial charge on any atom is -0.491 e. The van der Waals surface area contributed by atoms with Crippen LogP contribution in [0.2, 0.25) is 5.02 Å². The number of rotatable bonds is 10. The summed E-state index contributed by atoms with van der Waals surface area (Å²) >= 11 is 6.39. The fraction of sp³-hybridized carbons (Fsp3) is 0.250. The van der Waals surface area contributed by atoms with Gasteiger partial charge < -0.3 is 25.7 Å². The number of primary amides is 2. The number of halogens is 1. The van der Waals surface area contributed by atoms with Crippen LogP contribution in [-0.2, 0) is 16.0 Å². The molecule has 0 radical (unpaired) electrons. The summed E-state index contributed by atoms with van der Waals surface area (Å²) in [4.78, 5) is 23.1. The molecule has 0 heterocycles. The Morgan fingerprint density at radius 2 is 1.90 bits per heavy atom. The van der Waals surface area contributed by atoms with Crippen molar-refractivity contribution in [2.45, 2.75) is 6.42 Å². The van der Waals surface area contributed by atoms with Gasteiger partial charge in [-0.1, -0.05) is 17.7 Å². The highest BCUT2D eigenvalue weighted by molar-refractivity contribution is 6.32. The van der Waals surface area contributed by atoms with Crippen molar-refractivity contribution in [3.63, 3.8) is 0 Å². The highest BCUT2D eigenvalue weighted by atomic mass is 35.5. The third-order valence-corrected chi connectivity index (χ3v) is 4.26. The fourth-order valence-electron chi connectivity index (χ4n) is 2.58. The Bertz CT molecular complexity index is 956. The molecular formula is C20H20ClN3O5. The van der Waals surface area contributed by atoms with Crippen LogP contribution in [-0.4, -0.2) is 38.7 Å². The zero-order chi connectivity index (χ0) is 21.4. The molecule has 0 bridgehead atoms. The Morgan fingerprint density at radius 1 is 1.14 bits per heavy atom. The Kier molecular flexibility index (Phi) is 7.83. The molecule has 0 aliphatic carbocycles. The van der Waals surface area contributed by atoms with Crippen molar-refractivity contribution in [3.05, 3.63) is 57.6 Å². The standard InChI is InChI=1S/C20H20ClN3O5/c1-27-4-5-28-14-8-16(20(24)26)15(17(21)9-14)7-13-3-2-12(10-22)6-18(13)29-11-19(23)25/h2-3,6,8-9H,4-5,7,11H2,1H3,(H2,23,25)(H2,24,26). The van der Waals surface area contributed by atoms with Crippen LogP contribution >= 0.6 is 11.6 Å². The van der Waals surface area contributed by atoms with Gasteiger partial charge in [-0.2, -0.15) is 5.26 Å². The molecule has 0 atom stereocenters. The predicted octanol–water partition coefficient (Wildman–Crippen LogP) is 1.79. The summed E-state index contributed by atoms with van der Waals surface area (Å²) < 4.78 is 15.9. The first-order chi connectivity index (χ1) is 13.8. The third kappa shape index (κ3) is 6.10. The molecule has 2 aromatic carbocycles. The topological polar surface area (TPSA) is 138 Å². The van der Waals surface area contributed by atoms with Crippen LogP contribution in [0.1, 0.15) is 27.0 Å². The lowest BCUT2D eigenvalue weighted by Gasteiger charge is -2.15. The molecule has 0 fully saturated rings. The van der Waals surface area contributed by atoms with Crippen molar-refractivity contribution in [2.75, 3.05) is 26.9 Å². The molecule has 0 aliphatic heterocycles. The quantitative estimate of drug-likeness (QED) is 0.565. The van der Waals surface area contributed by atoms with E-state index in [0.717, 1.165) is 0 Å². The number of nitrogens with two attached hydrogens (primary N) is 2. The number of hydrogen-bond donors (Lipinski definition) is 2. The number of methoxy groups -OCH3 is 1. The first-order valence-corrected chi connectivity index (χ1v) is 8.91. The highest BCUT2D eigenvalue weighted by Gasteiger charge is 2.18. The zero-order valence-corrected chi connectivity index (χ0v) is 16.5. The van der Waals surface area contributed by atoms with Gasteiger partial charge in [0.25, 0.3) is 5.91 Å². The SMILES string of the molecule is COCCOc1cc(Cl)c(Cc2ccc(C#N)cc2OCC(N)=O)c(C(N)=O)c1. The summed E-state index contributed by atoms with van der Waals surface area (Å²) in [5, 5.41) is 9.37. The lowest BCUT2D eigenvalue weighted by atomic mass is 9.97. The minimum atomic E-state index is -0.674. The minimum absolute atomic E-state index is 0.176. The summed E-state index contributed by atoms with van der Waals surface area (Å²) in [6, 6.07) is 9.80. The van der Waals surface area contributed by atoms with Gasteiger partial charge in [0.05, 0.1) is 18.2 Å².